The zero-order valence-corrected chi connectivity index (χ0v) is 9.70. The van der Waals surface area contributed by atoms with Crippen molar-refractivity contribution in [3.8, 4) is 6.07 Å². The molecule has 2 rings (SSSR count). The van der Waals surface area contributed by atoms with Gasteiger partial charge in [-0.2, -0.15) is 5.26 Å². The summed E-state index contributed by atoms with van der Waals surface area (Å²) in [6.45, 7) is 0.158. The lowest BCUT2D eigenvalue weighted by Gasteiger charge is -2.06. The quantitative estimate of drug-likeness (QED) is 0.686. The average molecular weight is 242 g/mol. The highest BCUT2D eigenvalue weighted by Crippen LogP contribution is 2.04. The molecule has 6 nitrogen and oxygen atoms in total. The number of nitriles is 1. The van der Waals surface area contributed by atoms with Gasteiger partial charge >= 0.3 is 11.1 Å². The van der Waals surface area contributed by atoms with Crippen molar-refractivity contribution < 1.29 is 0 Å². The summed E-state index contributed by atoms with van der Waals surface area (Å²) in [5, 5.41) is 8.90. The zero-order chi connectivity index (χ0) is 13.1. The third-order valence-electron chi connectivity index (χ3n) is 2.57. The Morgan fingerprint density at radius 1 is 1.33 bits per heavy atom. The Morgan fingerprint density at radius 3 is 2.83 bits per heavy atom. The molecule has 0 N–H and O–H groups in total. The van der Waals surface area contributed by atoms with Crippen LogP contribution in [0.2, 0.25) is 0 Å². The zero-order valence-electron chi connectivity index (χ0n) is 9.70. The van der Waals surface area contributed by atoms with Crippen molar-refractivity contribution in [2.75, 3.05) is 0 Å². The standard InChI is InChI=1S/C12H10N4O2/c1-15-5-6-16(12(18)11(15)17)8-9-3-2-4-14-10(9)7-13/h2-6H,8H2,1H3. The lowest BCUT2D eigenvalue weighted by atomic mass is 10.2. The molecule has 0 saturated heterocycles. The van der Waals surface area contributed by atoms with Crippen LogP contribution in [0.1, 0.15) is 11.3 Å². The number of pyridine rings is 1. The van der Waals surface area contributed by atoms with Gasteiger partial charge in [0.05, 0.1) is 6.54 Å². The topological polar surface area (TPSA) is 80.7 Å². The molecular weight excluding hydrogens is 232 g/mol. The van der Waals surface area contributed by atoms with E-state index >= 15 is 0 Å². The van der Waals surface area contributed by atoms with E-state index < -0.39 is 11.1 Å². The Bertz CT molecular complexity index is 737. The molecule has 0 aliphatic rings. The van der Waals surface area contributed by atoms with Crippen LogP contribution in [0, 0.1) is 11.3 Å². The molecule has 6 heteroatoms. The lowest BCUT2D eigenvalue weighted by molar-refractivity contribution is 0.692. The molecular formula is C12H10N4O2. The molecule has 0 bridgehead atoms. The molecule has 0 aromatic carbocycles. The lowest BCUT2D eigenvalue weighted by Crippen LogP contribution is -2.39. The molecule has 18 heavy (non-hydrogen) atoms. The van der Waals surface area contributed by atoms with E-state index in [0.29, 0.717) is 5.56 Å². The van der Waals surface area contributed by atoms with Gasteiger partial charge in [-0.3, -0.25) is 9.59 Å². The van der Waals surface area contributed by atoms with E-state index in [9.17, 15) is 9.59 Å². The highest BCUT2D eigenvalue weighted by atomic mass is 16.2. The Balaban J connectivity index is 2.48. The van der Waals surface area contributed by atoms with E-state index in [1.807, 2.05) is 6.07 Å². The van der Waals surface area contributed by atoms with Crippen molar-refractivity contribution >= 4 is 0 Å². The number of aromatic nitrogens is 3. The van der Waals surface area contributed by atoms with Gasteiger partial charge in [-0.25, -0.2) is 4.98 Å². The SMILES string of the molecule is Cn1ccn(Cc2cccnc2C#N)c(=O)c1=O. The van der Waals surface area contributed by atoms with Gasteiger partial charge in [-0.1, -0.05) is 6.07 Å². The van der Waals surface area contributed by atoms with Gasteiger partial charge < -0.3 is 9.13 Å². The van der Waals surface area contributed by atoms with Crippen LogP contribution in [-0.4, -0.2) is 14.1 Å². The number of hydrogen-bond donors (Lipinski definition) is 0. The van der Waals surface area contributed by atoms with E-state index in [-0.39, 0.29) is 12.2 Å². The monoisotopic (exact) mass is 242 g/mol. The largest absolute Gasteiger partial charge is 0.316 e. The Morgan fingerprint density at radius 2 is 2.11 bits per heavy atom. The maximum Gasteiger partial charge on any atom is 0.316 e. The van der Waals surface area contributed by atoms with E-state index in [1.54, 1.807) is 12.1 Å². The van der Waals surface area contributed by atoms with Crippen LogP contribution in [0.4, 0.5) is 0 Å². The van der Waals surface area contributed by atoms with Gasteiger partial charge in [0.15, 0.2) is 0 Å². The number of hydrogen-bond acceptors (Lipinski definition) is 4. The maximum atomic E-state index is 11.7. The highest BCUT2D eigenvalue weighted by molar-refractivity contribution is 5.30. The van der Waals surface area contributed by atoms with Crippen LogP contribution in [0.15, 0.2) is 40.3 Å². The first-order valence-electron chi connectivity index (χ1n) is 5.23. The molecule has 0 aliphatic carbocycles. The predicted octanol–water partition coefficient (Wildman–Crippen LogP) is -0.138. The van der Waals surface area contributed by atoms with E-state index in [4.69, 9.17) is 5.26 Å². The molecule has 0 aliphatic heterocycles. The second-order valence-electron chi connectivity index (χ2n) is 3.77. The molecule has 0 radical (unpaired) electrons. The summed E-state index contributed by atoms with van der Waals surface area (Å²) in [5.74, 6) is 0. The Kier molecular flexibility index (Phi) is 3.06. The van der Waals surface area contributed by atoms with Gasteiger partial charge in [0.1, 0.15) is 11.8 Å². The third kappa shape index (κ3) is 2.06. The fraction of sp³-hybridized carbons (Fsp3) is 0.167. The van der Waals surface area contributed by atoms with Crippen LogP contribution in [0.25, 0.3) is 0 Å². The smallest absolute Gasteiger partial charge is 0.312 e. The Hall–Kier alpha value is -2.68. The van der Waals surface area contributed by atoms with Crippen molar-refractivity contribution in [2.24, 2.45) is 7.05 Å². The molecule has 0 amide bonds. The summed E-state index contributed by atoms with van der Waals surface area (Å²) in [6, 6.07) is 5.34. The molecule has 0 unspecified atom stereocenters. The van der Waals surface area contributed by atoms with Gasteiger partial charge in [0, 0.05) is 31.2 Å². The first-order chi connectivity index (χ1) is 8.63. The van der Waals surface area contributed by atoms with Gasteiger partial charge in [0.2, 0.25) is 0 Å². The molecule has 2 aromatic heterocycles. The summed E-state index contributed by atoms with van der Waals surface area (Å²) in [7, 11) is 1.51. The van der Waals surface area contributed by atoms with Crippen LogP contribution in [0.3, 0.4) is 0 Å². The third-order valence-corrected chi connectivity index (χ3v) is 2.57. The van der Waals surface area contributed by atoms with Crippen molar-refractivity contribution in [1.29, 1.82) is 5.26 Å². The van der Waals surface area contributed by atoms with Gasteiger partial charge in [0.25, 0.3) is 0 Å². The molecule has 0 spiro atoms. The molecule has 90 valence electrons. The van der Waals surface area contributed by atoms with Crippen LogP contribution in [-0.2, 0) is 13.6 Å². The summed E-state index contributed by atoms with van der Waals surface area (Å²) in [6.07, 6.45) is 4.53. The molecule has 0 atom stereocenters. The molecule has 0 fully saturated rings. The summed E-state index contributed by atoms with van der Waals surface area (Å²) in [4.78, 5) is 27.1. The summed E-state index contributed by atoms with van der Waals surface area (Å²) >= 11 is 0. The predicted molar refractivity (Wildman–Crippen MR) is 64.0 cm³/mol. The second kappa shape index (κ2) is 4.67. The van der Waals surface area contributed by atoms with Gasteiger partial charge in [-0.15, -0.1) is 0 Å². The molecule has 0 saturated carbocycles. The van der Waals surface area contributed by atoms with E-state index in [0.717, 1.165) is 0 Å². The van der Waals surface area contributed by atoms with Crippen molar-refractivity contribution in [3.63, 3.8) is 0 Å². The minimum Gasteiger partial charge on any atom is -0.312 e. The van der Waals surface area contributed by atoms with E-state index in [2.05, 4.69) is 4.98 Å². The van der Waals surface area contributed by atoms with Crippen molar-refractivity contribution in [2.45, 2.75) is 6.54 Å². The average Bonchev–Trinajstić information content (AvgIpc) is 2.40. The first kappa shape index (κ1) is 11.8. The maximum absolute atomic E-state index is 11.7. The number of rotatable bonds is 2. The molecule has 2 heterocycles. The number of aryl methyl sites for hydroxylation is 1. The fourth-order valence-corrected chi connectivity index (χ4v) is 1.56. The van der Waals surface area contributed by atoms with Gasteiger partial charge in [-0.05, 0) is 6.07 Å². The normalized spacial score (nSPS) is 10.0. The second-order valence-corrected chi connectivity index (χ2v) is 3.77. The summed E-state index contributed by atoms with van der Waals surface area (Å²) in [5.41, 5.74) is -0.354. The van der Waals surface area contributed by atoms with Crippen molar-refractivity contribution in [1.82, 2.24) is 14.1 Å². The first-order valence-corrected chi connectivity index (χ1v) is 5.23. The van der Waals surface area contributed by atoms with Crippen LogP contribution < -0.4 is 11.1 Å². The van der Waals surface area contributed by atoms with Crippen LogP contribution in [0.5, 0.6) is 0 Å². The highest BCUT2D eigenvalue weighted by Gasteiger charge is 2.06. The van der Waals surface area contributed by atoms with Crippen LogP contribution >= 0.6 is 0 Å². The fourth-order valence-electron chi connectivity index (χ4n) is 1.56. The summed E-state index contributed by atoms with van der Waals surface area (Å²) < 4.78 is 2.48. The van der Waals surface area contributed by atoms with E-state index in [1.165, 1.54) is 34.8 Å². The minimum absolute atomic E-state index is 0.158. The minimum atomic E-state index is -0.618. The molecule has 2 aromatic rings. The number of nitrogens with zero attached hydrogens (tertiary/aromatic N) is 4. The Labute approximate surface area is 102 Å². The van der Waals surface area contributed by atoms with Crippen molar-refractivity contribution in [3.05, 3.63) is 62.7 Å².